The van der Waals surface area contributed by atoms with Gasteiger partial charge in [-0.3, -0.25) is 4.72 Å². The standard InChI is InChI=1S/C11H8ClF2N3O2S/c12-6-2-1-3-16-11(6)17-20(18,19)10-5-9(15)7(13)4-8(10)14/h1-5H,15H2,(H,16,17). The molecule has 0 fully saturated rings. The largest absolute Gasteiger partial charge is 0.396 e. The monoisotopic (exact) mass is 319 g/mol. The summed E-state index contributed by atoms with van der Waals surface area (Å²) in [6, 6.07) is 3.98. The molecule has 9 heteroatoms. The quantitative estimate of drug-likeness (QED) is 0.851. The van der Waals surface area contributed by atoms with Crippen molar-refractivity contribution < 1.29 is 17.2 Å². The number of nitrogen functional groups attached to an aromatic ring is 1. The minimum Gasteiger partial charge on any atom is -0.396 e. The molecule has 5 nitrogen and oxygen atoms in total. The Morgan fingerprint density at radius 1 is 1.25 bits per heavy atom. The number of rotatable bonds is 3. The number of halogens is 3. The fraction of sp³-hybridized carbons (Fsp3) is 0. The molecule has 0 amide bonds. The van der Waals surface area contributed by atoms with Crippen LogP contribution in [0.15, 0.2) is 35.4 Å². The third-order valence-corrected chi connectivity index (χ3v) is 3.99. The maximum Gasteiger partial charge on any atom is 0.266 e. The predicted molar refractivity (Wildman–Crippen MR) is 70.8 cm³/mol. The van der Waals surface area contributed by atoms with Crippen LogP contribution in [-0.4, -0.2) is 13.4 Å². The van der Waals surface area contributed by atoms with Crippen LogP contribution in [0.5, 0.6) is 0 Å². The molecule has 1 aromatic carbocycles. The lowest BCUT2D eigenvalue weighted by atomic mass is 10.3. The van der Waals surface area contributed by atoms with Gasteiger partial charge in [0.2, 0.25) is 0 Å². The Labute approximate surface area is 118 Å². The topological polar surface area (TPSA) is 85.1 Å². The summed E-state index contributed by atoms with van der Waals surface area (Å²) in [6.07, 6.45) is 1.30. The van der Waals surface area contributed by atoms with Gasteiger partial charge in [0.05, 0.1) is 10.7 Å². The molecule has 0 saturated carbocycles. The number of hydrogen-bond donors (Lipinski definition) is 2. The molecule has 0 bridgehead atoms. The first-order valence-electron chi connectivity index (χ1n) is 5.19. The van der Waals surface area contributed by atoms with Crippen LogP contribution in [0.4, 0.5) is 20.3 Å². The maximum absolute atomic E-state index is 13.6. The molecule has 106 valence electrons. The van der Waals surface area contributed by atoms with Crippen molar-refractivity contribution in [1.29, 1.82) is 0 Å². The van der Waals surface area contributed by atoms with Crippen LogP contribution in [0.2, 0.25) is 5.02 Å². The zero-order valence-electron chi connectivity index (χ0n) is 9.77. The van der Waals surface area contributed by atoms with Crippen molar-refractivity contribution in [2.75, 3.05) is 10.5 Å². The van der Waals surface area contributed by atoms with Gasteiger partial charge in [0.25, 0.3) is 10.0 Å². The van der Waals surface area contributed by atoms with Crippen LogP contribution in [0.3, 0.4) is 0 Å². The fourth-order valence-corrected chi connectivity index (χ4v) is 2.74. The molecule has 0 spiro atoms. The maximum atomic E-state index is 13.6. The van der Waals surface area contributed by atoms with Crippen molar-refractivity contribution in [3.05, 3.63) is 47.1 Å². The normalized spacial score (nSPS) is 11.3. The molecule has 2 aromatic rings. The van der Waals surface area contributed by atoms with Crippen LogP contribution < -0.4 is 10.5 Å². The first kappa shape index (κ1) is 14.5. The first-order chi connectivity index (χ1) is 9.31. The number of nitrogens with two attached hydrogens (primary N) is 1. The van der Waals surface area contributed by atoms with Gasteiger partial charge < -0.3 is 5.73 Å². The van der Waals surface area contributed by atoms with Gasteiger partial charge in [0.1, 0.15) is 16.5 Å². The number of sulfonamides is 1. The summed E-state index contributed by atoms with van der Waals surface area (Å²) in [6.45, 7) is 0. The summed E-state index contributed by atoms with van der Waals surface area (Å²) in [5, 5.41) is 0.0339. The van der Waals surface area contributed by atoms with E-state index in [0.717, 1.165) is 0 Å². The molecule has 0 radical (unpaired) electrons. The van der Waals surface area contributed by atoms with Gasteiger partial charge in [-0.15, -0.1) is 0 Å². The van der Waals surface area contributed by atoms with Crippen molar-refractivity contribution in [2.45, 2.75) is 4.90 Å². The third-order valence-electron chi connectivity index (χ3n) is 2.33. The van der Waals surface area contributed by atoms with Gasteiger partial charge in [0.15, 0.2) is 5.82 Å². The molecule has 3 N–H and O–H groups in total. The summed E-state index contributed by atoms with van der Waals surface area (Å²) >= 11 is 5.75. The van der Waals surface area contributed by atoms with Crippen molar-refractivity contribution in [1.82, 2.24) is 4.98 Å². The zero-order chi connectivity index (χ0) is 14.9. The number of nitrogens with one attached hydrogen (secondary N) is 1. The molecule has 1 aromatic heterocycles. The first-order valence-corrected chi connectivity index (χ1v) is 7.05. The van der Waals surface area contributed by atoms with Gasteiger partial charge in [-0.25, -0.2) is 22.2 Å². The average molecular weight is 320 g/mol. The minimum absolute atomic E-state index is 0.0339. The summed E-state index contributed by atoms with van der Waals surface area (Å²) < 4.78 is 52.6. The van der Waals surface area contributed by atoms with Crippen LogP contribution >= 0.6 is 11.6 Å². The van der Waals surface area contributed by atoms with Crippen molar-refractivity contribution >= 4 is 33.1 Å². The number of benzene rings is 1. The Morgan fingerprint density at radius 2 is 1.95 bits per heavy atom. The van der Waals surface area contributed by atoms with E-state index in [2.05, 4.69) is 4.98 Å². The van der Waals surface area contributed by atoms with Gasteiger partial charge >= 0.3 is 0 Å². The molecule has 0 unspecified atom stereocenters. The van der Waals surface area contributed by atoms with E-state index in [1.165, 1.54) is 18.3 Å². The van der Waals surface area contributed by atoms with Crippen molar-refractivity contribution in [3.63, 3.8) is 0 Å². The summed E-state index contributed by atoms with van der Waals surface area (Å²) in [4.78, 5) is 2.92. The highest BCUT2D eigenvalue weighted by Crippen LogP contribution is 2.25. The van der Waals surface area contributed by atoms with Gasteiger partial charge in [-0.2, -0.15) is 0 Å². The second-order valence-corrected chi connectivity index (χ2v) is 5.80. The Balaban J connectivity index is 2.47. The van der Waals surface area contributed by atoms with E-state index in [-0.39, 0.29) is 10.8 Å². The Hall–Kier alpha value is -1.93. The highest BCUT2D eigenvalue weighted by Gasteiger charge is 2.22. The summed E-state index contributed by atoms with van der Waals surface area (Å²) in [5.74, 6) is -2.48. The van der Waals surface area contributed by atoms with E-state index in [0.29, 0.717) is 12.1 Å². The number of hydrogen-bond acceptors (Lipinski definition) is 4. The van der Waals surface area contributed by atoms with E-state index in [1.807, 2.05) is 4.72 Å². The van der Waals surface area contributed by atoms with Crippen molar-refractivity contribution in [3.8, 4) is 0 Å². The lowest BCUT2D eigenvalue weighted by molar-refractivity contribution is 0.553. The number of pyridine rings is 1. The summed E-state index contributed by atoms with van der Waals surface area (Å²) in [7, 11) is -4.32. The highest BCUT2D eigenvalue weighted by atomic mass is 35.5. The molecule has 0 aliphatic carbocycles. The number of nitrogens with zero attached hydrogens (tertiary/aromatic N) is 1. The minimum atomic E-state index is -4.32. The molecule has 0 saturated heterocycles. The van der Waals surface area contributed by atoms with Crippen LogP contribution in [-0.2, 0) is 10.0 Å². The van der Waals surface area contributed by atoms with E-state index >= 15 is 0 Å². The highest BCUT2D eigenvalue weighted by molar-refractivity contribution is 7.92. The molecule has 0 aliphatic heterocycles. The second kappa shape index (κ2) is 5.22. The lowest BCUT2D eigenvalue weighted by Gasteiger charge is -2.10. The molecule has 0 aliphatic rings. The fourth-order valence-electron chi connectivity index (χ4n) is 1.39. The van der Waals surface area contributed by atoms with Crippen LogP contribution in [0.25, 0.3) is 0 Å². The number of aromatic nitrogens is 1. The molecular weight excluding hydrogens is 312 g/mol. The second-order valence-electron chi connectivity index (χ2n) is 3.74. The number of anilines is 2. The third kappa shape index (κ3) is 2.81. The molecule has 1 heterocycles. The molecule has 0 atom stereocenters. The Kier molecular flexibility index (Phi) is 3.78. The van der Waals surface area contributed by atoms with Gasteiger partial charge in [-0.05, 0) is 18.2 Å². The van der Waals surface area contributed by atoms with E-state index in [9.17, 15) is 17.2 Å². The van der Waals surface area contributed by atoms with Gasteiger partial charge in [-0.1, -0.05) is 11.6 Å². The van der Waals surface area contributed by atoms with E-state index in [1.54, 1.807) is 0 Å². The average Bonchev–Trinajstić information content (AvgIpc) is 2.36. The lowest BCUT2D eigenvalue weighted by Crippen LogP contribution is -2.16. The summed E-state index contributed by atoms with van der Waals surface area (Å²) in [5.41, 5.74) is 4.75. The Bertz CT molecular complexity index is 768. The smallest absolute Gasteiger partial charge is 0.266 e. The molecule has 2 rings (SSSR count). The zero-order valence-corrected chi connectivity index (χ0v) is 11.3. The molecule has 20 heavy (non-hydrogen) atoms. The van der Waals surface area contributed by atoms with E-state index in [4.69, 9.17) is 17.3 Å². The Morgan fingerprint density at radius 3 is 2.60 bits per heavy atom. The van der Waals surface area contributed by atoms with Crippen LogP contribution in [0, 0.1) is 11.6 Å². The molecular formula is C11H8ClF2N3O2S. The van der Waals surface area contributed by atoms with E-state index < -0.39 is 32.2 Å². The predicted octanol–water partition coefficient (Wildman–Crippen LogP) is 2.40. The van der Waals surface area contributed by atoms with Gasteiger partial charge in [0, 0.05) is 12.3 Å². The SMILES string of the molecule is Nc1cc(S(=O)(=O)Nc2ncccc2Cl)c(F)cc1F. The van der Waals surface area contributed by atoms with Crippen molar-refractivity contribution in [2.24, 2.45) is 0 Å². The van der Waals surface area contributed by atoms with Crippen LogP contribution in [0.1, 0.15) is 0 Å².